The average molecular weight is 334 g/mol. The Hall–Kier alpha value is -2.83. The van der Waals surface area contributed by atoms with Crippen molar-refractivity contribution in [3.63, 3.8) is 0 Å². The van der Waals surface area contributed by atoms with Gasteiger partial charge in [-0.25, -0.2) is 4.79 Å². The lowest BCUT2D eigenvalue weighted by atomic mass is 10.2. The highest BCUT2D eigenvalue weighted by atomic mass is 16.5. The summed E-state index contributed by atoms with van der Waals surface area (Å²) >= 11 is 0. The zero-order valence-corrected chi connectivity index (χ0v) is 13.8. The molecule has 2 N–H and O–H groups in total. The number of amides is 2. The topological polar surface area (TPSA) is 93.7 Å². The largest absolute Gasteiger partial charge is 0.497 e. The molecule has 130 valence electrons. The molecule has 7 nitrogen and oxygen atoms in total. The van der Waals surface area contributed by atoms with Gasteiger partial charge in [0, 0.05) is 12.6 Å². The third-order valence-corrected chi connectivity index (χ3v) is 2.89. The lowest BCUT2D eigenvalue weighted by molar-refractivity contribution is -0.143. The van der Waals surface area contributed by atoms with Gasteiger partial charge in [-0.05, 0) is 30.2 Å². The first-order chi connectivity index (χ1) is 11.5. The van der Waals surface area contributed by atoms with E-state index < -0.39 is 18.5 Å². The minimum Gasteiger partial charge on any atom is -0.497 e. The smallest absolute Gasteiger partial charge is 0.331 e. The molecule has 7 heteroatoms. The average Bonchev–Trinajstić information content (AvgIpc) is 2.61. The highest BCUT2D eigenvalue weighted by Gasteiger charge is 2.07. The van der Waals surface area contributed by atoms with Crippen molar-refractivity contribution < 1.29 is 23.9 Å². The Kier molecular flexibility index (Phi) is 8.67. The number of benzene rings is 1. The maximum atomic E-state index is 11.5. The zero-order chi connectivity index (χ0) is 17.8. The van der Waals surface area contributed by atoms with Crippen LogP contribution in [0.15, 0.2) is 30.3 Å². The summed E-state index contributed by atoms with van der Waals surface area (Å²) in [6.07, 6.45) is 3.61. The van der Waals surface area contributed by atoms with E-state index in [1.165, 1.54) is 6.08 Å². The van der Waals surface area contributed by atoms with Gasteiger partial charge in [-0.1, -0.05) is 19.1 Å². The molecule has 0 unspecified atom stereocenters. The Bertz CT molecular complexity index is 581. The van der Waals surface area contributed by atoms with Crippen molar-refractivity contribution >= 4 is 23.9 Å². The SMILES string of the molecule is CCCNC(=O)CNC(=O)COC(=O)/C=C/c1ccc(OC)cc1. The molecule has 0 aliphatic heterocycles. The summed E-state index contributed by atoms with van der Waals surface area (Å²) in [5, 5.41) is 4.98. The van der Waals surface area contributed by atoms with Crippen molar-refractivity contribution in [3.8, 4) is 5.75 Å². The van der Waals surface area contributed by atoms with Crippen LogP contribution in [0.25, 0.3) is 6.08 Å². The van der Waals surface area contributed by atoms with Crippen molar-refractivity contribution in [3.05, 3.63) is 35.9 Å². The number of hydrogen-bond acceptors (Lipinski definition) is 5. The van der Waals surface area contributed by atoms with Gasteiger partial charge in [-0.2, -0.15) is 0 Å². The fourth-order valence-electron chi connectivity index (χ4n) is 1.62. The molecular weight excluding hydrogens is 312 g/mol. The second-order valence-corrected chi connectivity index (χ2v) is 4.84. The van der Waals surface area contributed by atoms with Gasteiger partial charge in [0.05, 0.1) is 13.7 Å². The lowest BCUT2D eigenvalue weighted by Gasteiger charge is -2.06. The van der Waals surface area contributed by atoms with E-state index in [4.69, 9.17) is 9.47 Å². The summed E-state index contributed by atoms with van der Waals surface area (Å²) in [6, 6.07) is 7.10. The third-order valence-electron chi connectivity index (χ3n) is 2.89. The molecule has 0 atom stereocenters. The molecule has 0 saturated carbocycles. The predicted octanol–water partition coefficient (Wildman–Crippen LogP) is 0.894. The fourth-order valence-corrected chi connectivity index (χ4v) is 1.62. The Morgan fingerprint density at radius 3 is 2.42 bits per heavy atom. The molecule has 1 rings (SSSR count). The number of esters is 1. The Balaban J connectivity index is 2.28. The van der Waals surface area contributed by atoms with Crippen molar-refractivity contribution in [2.24, 2.45) is 0 Å². The highest BCUT2D eigenvalue weighted by molar-refractivity contribution is 5.90. The summed E-state index contributed by atoms with van der Waals surface area (Å²) in [5.74, 6) is -0.741. The van der Waals surface area contributed by atoms with Crippen LogP contribution in [-0.2, 0) is 19.1 Å². The highest BCUT2D eigenvalue weighted by Crippen LogP contribution is 2.12. The number of ether oxygens (including phenoxy) is 2. The first kappa shape index (κ1) is 19.2. The standard InChI is InChI=1S/C17H22N2O5/c1-3-10-18-15(20)11-19-16(21)12-24-17(22)9-6-13-4-7-14(23-2)8-5-13/h4-9H,3,10-12H2,1-2H3,(H,18,20)(H,19,21)/b9-6+. The van der Waals surface area contributed by atoms with Gasteiger partial charge >= 0.3 is 5.97 Å². The molecule has 24 heavy (non-hydrogen) atoms. The van der Waals surface area contributed by atoms with Crippen LogP contribution < -0.4 is 15.4 Å². The minimum absolute atomic E-state index is 0.141. The zero-order valence-electron chi connectivity index (χ0n) is 13.8. The number of carbonyl (C=O) groups excluding carboxylic acids is 3. The van der Waals surface area contributed by atoms with E-state index in [1.54, 1.807) is 37.5 Å². The number of methoxy groups -OCH3 is 1. The maximum absolute atomic E-state index is 11.5. The van der Waals surface area contributed by atoms with Gasteiger partial charge < -0.3 is 20.1 Å². The molecule has 0 aliphatic rings. The Labute approximate surface area is 141 Å². The van der Waals surface area contributed by atoms with Gasteiger partial charge in [0.2, 0.25) is 5.91 Å². The van der Waals surface area contributed by atoms with Crippen LogP contribution in [-0.4, -0.2) is 44.6 Å². The van der Waals surface area contributed by atoms with Crippen LogP contribution in [0.3, 0.4) is 0 Å². The Morgan fingerprint density at radius 1 is 1.08 bits per heavy atom. The quantitative estimate of drug-likeness (QED) is 0.517. The van der Waals surface area contributed by atoms with Crippen LogP contribution >= 0.6 is 0 Å². The van der Waals surface area contributed by atoms with E-state index >= 15 is 0 Å². The van der Waals surface area contributed by atoms with Crippen LogP contribution in [0.2, 0.25) is 0 Å². The third kappa shape index (κ3) is 7.98. The molecule has 1 aromatic rings. The van der Waals surface area contributed by atoms with Crippen molar-refractivity contribution in [1.82, 2.24) is 10.6 Å². The predicted molar refractivity (Wildman–Crippen MR) is 89.3 cm³/mol. The van der Waals surface area contributed by atoms with Crippen LogP contribution in [0.4, 0.5) is 0 Å². The second-order valence-electron chi connectivity index (χ2n) is 4.84. The summed E-state index contributed by atoms with van der Waals surface area (Å²) in [7, 11) is 1.57. The van der Waals surface area contributed by atoms with Crippen LogP contribution in [0.1, 0.15) is 18.9 Å². The second kappa shape index (κ2) is 10.8. The Morgan fingerprint density at radius 2 is 1.79 bits per heavy atom. The van der Waals surface area contributed by atoms with E-state index in [-0.39, 0.29) is 12.5 Å². The normalized spacial score (nSPS) is 10.2. The van der Waals surface area contributed by atoms with Gasteiger partial charge in [-0.3, -0.25) is 9.59 Å². The van der Waals surface area contributed by atoms with Gasteiger partial charge in [0.15, 0.2) is 6.61 Å². The van der Waals surface area contributed by atoms with Crippen LogP contribution in [0, 0.1) is 0 Å². The van der Waals surface area contributed by atoms with Gasteiger partial charge in [0.25, 0.3) is 5.91 Å². The monoisotopic (exact) mass is 334 g/mol. The molecular formula is C17H22N2O5. The molecule has 0 saturated heterocycles. The molecule has 2 amide bonds. The van der Waals surface area contributed by atoms with E-state index in [9.17, 15) is 14.4 Å². The summed E-state index contributed by atoms with van der Waals surface area (Å²) in [6.45, 7) is 1.91. The van der Waals surface area contributed by atoms with E-state index in [0.717, 1.165) is 17.7 Å². The number of nitrogens with one attached hydrogen (secondary N) is 2. The fraction of sp³-hybridized carbons (Fsp3) is 0.353. The minimum atomic E-state index is -0.642. The maximum Gasteiger partial charge on any atom is 0.331 e. The number of carbonyl (C=O) groups is 3. The molecule has 0 aromatic heterocycles. The summed E-state index contributed by atoms with van der Waals surface area (Å²) in [5.41, 5.74) is 0.796. The molecule has 1 aromatic carbocycles. The molecule has 0 fully saturated rings. The van der Waals surface area contributed by atoms with E-state index in [2.05, 4.69) is 10.6 Å². The molecule has 0 heterocycles. The molecule has 0 bridgehead atoms. The molecule has 0 aliphatic carbocycles. The van der Waals surface area contributed by atoms with Gasteiger partial charge in [0.1, 0.15) is 5.75 Å². The lowest BCUT2D eigenvalue weighted by Crippen LogP contribution is -2.38. The van der Waals surface area contributed by atoms with E-state index in [1.807, 2.05) is 6.92 Å². The van der Waals surface area contributed by atoms with Crippen molar-refractivity contribution in [2.75, 3.05) is 26.8 Å². The summed E-state index contributed by atoms with van der Waals surface area (Å²) < 4.78 is 9.82. The van der Waals surface area contributed by atoms with E-state index in [0.29, 0.717) is 6.54 Å². The first-order valence-electron chi connectivity index (χ1n) is 7.57. The van der Waals surface area contributed by atoms with Crippen molar-refractivity contribution in [2.45, 2.75) is 13.3 Å². The van der Waals surface area contributed by atoms with Gasteiger partial charge in [-0.15, -0.1) is 0 Å². The first-order valence-corrected chi connectivity index (χ1v) is 7.57. The molecule has 0 spiro atoms. The number of hydrogen-bond donors (Lipinski definition) is 2. The van der Waals surface area contributed by atoms with Crippen LogP contribution in [0.5, 0.6) is 5.75 Å². The molecule has 0 radical (unpaired) electrons. The summed E-state index contributed by atoms with van der Waals surface area (Å²) in [4.78, 5) is 34.3. The number of rotatable bonds is 9. The van der Waals surface area contributed by atoms with Crippen molar-refractivity contribution in [1.29, 1.82) is 0 Å².